The van der Waals surface area contributed by atoms with E-state index in [1.807, 2.05) is 38.1 Å². The number of halogens is 3. The SMILES string of the molecule is CC[C@H](C)NC(=O)[C@@H](C)N(Cc1cccc(Br)c1)C(=O)CN(c1cc(Cl)ccc1Cl)S(=O)(=O)c1ccccc1. The molecule has 0 unspecified atom stereocenters. The Balaban J connectivity index is 2.06. The first-order chi connectivity index (χ1) is 18.4. The molecule has 0 aliphatic carbocycles. The first kappa shape index (κ1) is 30.9. The molecule has 11 heteroatoms. The van der Waals surface area contributed by atoms with E-state index >= 15 is 0 Å². The minimum Gasteiger partial charge on any atom is -0.352 e. The maximum absolute atomic E-state index is 13.9. The van der Waals surface area contributed by atoms with Crippen molar-refractivity contribution >= 4 is 66.7 Å². The summed E-state index contributed by atoms with van der Waals surface area (Å²) in [4.78, 5) is 28.4. The number of amides is 2. The highest BCUT2D eigenvalue weighted by Crippen LogP contribution is 2.33. The Kier molecular flexibility index (Phi) is 10.8. The van der Waals surface area contributed by atoms with Gasteiger partial charge in [0.25, 0.3) is 10.0 Å². The van der Waals surface area contributed by atoms with Crippen LogP contribution in [0.1, 0.15) is 32.8 Å². The van der Waals surface area contributed by atoms with Gasteiger partial charge in [0.15, 0.2) is 0 Å². The molecule has 7 nitrogen and oxygen atoms in total. The van der Waals surface area contributed by atoms with Gasteiger partial charge in [-0.1, -0.05) is 76.4 Å². The predicted octanol–water partition coefficient (Wildman–Crippen LogP) is 6.28. The van der Waals surface area contributed by atoms with Gasteiger partial charge in [-0.05, 0) is 68.3 Å². The van der Waals surface area contributed by atoms with Crippen molar-refractivity contribution in [2.75, 3.05) is 10.8 Å². The Morgan fingerprint density at radius 1 is 0.974 bits per heavy atom. The number of hydrogen-bond acceptors (Lipinski definition) is 4. The molecular formula is C28H30BrCl2N3O4S. The molecule has 0 saturated heterocycles. The number of nitrogens with one attached hydrogen (secondary N) is 1. The summed E-state index contributed by atoms with van der Waals surface area (Å²) >= 11 is 16.1. The van der Waals surface area contributed by atoms with Crippen LogP contribution in [0.5, 0.6) is 0 Å². The molecule has 0 aromatic heterocycles. The van der Waals surface area contributed by atoms with Gasteiger partial charge < -0.3 is 10.2 Å². The van der Waals surface area contributed by atoms with Crippen molar-refractivity contribution < 1.29 is 18.0 Å². The molecule has 0 saturated carbocycles. The number of sulfonamides is 1. The maximum atomic E-state index is 13.9. The summed E-state index contributed by atoms with van der Waals surface area (Å²) in [6.07, 6.45) is 0.717. The third-order valence-corrected chi connectivity index (χ3v) is 9.02. The zero-order valence-corrected chi connectivity index (χ0v) is 25.7. The third kappa shape index (κ3) is 7.97. The summed E-state index contributed by atoms with van der Waals surface area (Å²) in [5.74, 6) is -0.928. The van der Waals surface area contributed by atoms with Crippen molar-refractivity contribution in [2.45, 2.75) is 50.7 Å². The first-order valence-electron chi connectivity index (χ1n) is 12.3. The first-order valence-corrected chi connectivity index (χ1v) is 15.3. The highest BCUT2D eigenvalue weighted by atomic mass is 79.9. The van der Waals surface area contributed by atoms with Crippen molar-refractivity contribution in [3.05, 3.63) is 92.9 Å². The summed E-state index contributed by atoms with van der Waals surface area (Å²) in [5.41, 5.74) is 0.819. The molecule has 39 heavy (non-hydrogen) atoms. The highest BCUT2D eigenvalue weighted by molar-refractivity contribution is 9.10. The van der Waals surface area contributed by atoms with Gasteiger partial charge in [-0.3, -0.25) is 13.9 Å². The van der Waals surface area contributed by atoms with Crippen LogP contribution in [0.3, 0.4) is 0 Å². The lowest BCUT2D eigenvalue weighted by molar-refractivity contribution is -0.139. The van der Waals surface area contributed by atoms with Crippen LogP contribution in [0.15, 0.2) is 82.2 Å². The summed E-state index contributed by atoms with van der Waals surface area (Å²) in [6.45, 7) is 4.92. The molecule has 208 valence electrons. The largest absolute Gasteiger partial charge is 0.352 e. The van der Waals surface area contributed by atoms with Crippen LogP contribution in [0.4, 0.5) is 5.69 Å². The molecule has 0 aliphatic heterocycles. The van der Waals surface area contributed by atoms with E-state index in [2.05, 4.69) is 21.2 Å². The Morgan fingerprint density at radius 3 is 2.31 bits per heavy atom. The molecule has 0 fully saturated rings. The van der Waals surface area contributed by atoms with E-state index < -0.39 is 28.5 Å². The van der Waals surface area contributed by atoms with Crippen molar-refractivity contribution in [3.8, 4) is 0 Å². The lowest BCUT2D eigenvalue weighted by atomic mass is 10.1. The van der Waals surface area contributed by atoms with Crippen LogP contribution in [0.2, 0.25) is 10.0 Å². The Morgan fingerprint density at radius 2 is 1.67 bits per heavy atom. The maximum Gasteiger partial charge on any atom is 0.264 e. The summed E-state index contributed by atoms with van der Waals surface area (Å²) in [7, 11) is -4.24. The van der Waals surface area contributed by atoms with Gasteiger partial charge in [-0.2, -0.15) is 0 Å². The molecule has 3 aromatic rings. The lowest BCUT2D eigenvalue weighted by Gasteiger charge is -2.32. The van der Waals surface area contributed by atoms with Crippen LogP contribution in [-0.4, -0.2) is 43.8 Å². The number of anilines is 1. The molecule has 0 aliphatic rings. The van der Waals surface area contributed by atoms with E-state index in [1.54, 1.807) is 25.1 Å². The second kappa shape index (κ2) is 13.7. The Hall–Kier alpha value is -2.59. The Bertz CT molecular complexity index is 1420. The predicted molar refractivity (Wildman–Crippen MR) is 159 cm³/mol. The van der Waals surface area contributed by atoms with Crippen LogP contribution >= 0.6 is 39.1 Å². The molecule has 2 amide bonds. The number of nitrogens with zero attached hydrogens (tertiary/aromatic N) is 2. The smallest absolute Gasteiger partial charge is 0.264 e. The van der Waals surface area contributed by atoms with Gasteiger partial charge in [-0.25, -0.2) is 8.42 Å². The van der Waals surface area contributed by atoms with E-state index in [0.29, 0.717) is 6.42 Å². The molecule has 2 atom stereocenters. The monoisotopic (exact) mass is 653 g/mol. The molecular weight excluding hydrogens is 625 g/mol. The average molecular weight is 655 g/mol. The van der Waals surface area contributed by atoms with E-state index in [0.717, 1.165) is 14.3 Å². The summed E-state index contributed by atoms with van der Waals surface area (Å²) in [6, 6.07) is 18.5. The van der Waals surface area contributed by atoms with Gasteiger partial charge in [0.1, 0.15) is 12.6 Å². The number of carbonyl (C=O) groups is 2. The van der Waals surface area contributed by atoms with Gasteiger partial charge in [0, 0.05) is 22.1 Å². The molecule has 0 heterocycles. The van der Waals surface area contributed by atoms with Gasteiger partial charge >= 0.3 is 0 Å². The van der Waals surface area contributed by atoms with Crippen molar-refractivity contribution in [3.63, 3.8) is 0 Å². The Labute approximate surface area is 248 Å². The quantitative estimate of drug-likeness (QED) is 0.264. The van der Waals surface area contributed by atoms with E-state index in [4.69, 9.17) is 23.2 Å². The van der Waals surface area contributed by atoms with E-state index in [-0.39, 0.29) is 39.1 Å². The number of hydrogen-bond donors (Lipinski definition) is 1. The van der Waals surface area contributed by atoms with Gasteiger partial charge in [-0.15, -0.1) is 0 Å². The molecule has 0 radical (unpaired) electrons. The minimum atomic E-state index is -4.24. The average Bonchev–Trinajstić information content (AvgIpc) is 2.91. The van der Waals surface area contributed by atoms with Crippen LogP contribution in [0.25, 0.3) is 0 Å². The van der Waals surface area contributed by atoms with Crippen molar-refractivity contribution in [1.82, 2.24) is 10.2 Å². The summed E-state index contributed by atoms with van der Waals surface area (Å²) in [5, 5.41) is 3.26. The van der Waals surface area contributed by atoms with Crippen LogP contribution in [-0.2, 0) is 26.2 Å². The molecule has 0 bridgehead atoms. The molecule has 0 spiro atoms. The lowest BCUT2D eigenvalue weighted by Crippen LogP contribution is -2.52. The fourth-order valence-corrected chi connectivity index (χ4v) is 6.12. The number of benzene rings is 3. The molecule has 3 rings (SSSR count). The van der Waals surface area contributed by atoms with E-state index in [9.17, 15) is 18.0 Å². The zero-order valence-electron chi connectivity index (χ0n) is 21.8. The van der Waals surface area contributed by atoms with E-state index in [1.165, 1.54) is 35.2 Å². The summed E-state index contributed by atoms with van der Waals surface area (Å²) < 4.78 is 29.4. The standard InChI is InChI=1S/C28H30BrCl2N3O4S/c1-4-19(2)32-28(36)20(3)33(17-21-9-8-10-22(29)15-21)27(35)18-34(26-16-23(30)13-14-25(26)31)39(37,38)24-11-6-5-7-12-24/h5-16,19-20H,4,17-18H2,1-3H3,(H,32,36)/t19-,20+/m0/s1. The van der Waals surface area contributed by atoms with Crippen LogP contribution < -0.4 is 9.62 Å². The van der Waals surface area contributed by atoms with Gasteiger partial charge in [0.05, 0.1) is 15.6 Å². The van der Waals surface area contributed by atoms with Crippen molar-refractivity contribution in [1.29, 1.82) is 0 Å². The molecule has 3 aromatic carbocycles. The normalized spacial score (nSPS) is 12.9. The highest BCUT2D eigenvalue weighted by Gasteiger charge is 2.33. The zero-order chi connectivity index (χ0) is 28.7. The molecule has 1 N–H and O–H groups in total. The number of carbonyl (C=O) groups excluding carboxylic acids is 2. The number of rotatable bonds is 11. The second-order valence-electron chi connectivity index (χ2n) is 9.07. The fraction of sp³-hybridized carbons (Fsp3) is 0.286. The van der Waals surface area contributed by atoms with Crippen molar-refractivity contribution in [2.24, 2.45) is 0 Å². The topological polar surface area (TPSA) is 86.8 Å². The second-order valence-corrected chi connectivity index (χ2v) is 12.7. The van der Waals surface area contributed by atoms with Crippen LogP contribution in [0, 0.1) is 0 Å². The minimum absolute atomic E-state index is 0.0186. The fourth-order valence-electron chi connectivity index (χ4n) is 3.79. The third-order valence-electron chi connectivity index (χ3n) is 6.20. The van der Waals surface area contributed by atoms with Gasteiger partial charge in [0.2, 0.25) is 11.8 Å².